The van der Waals surface area contributed by atoms with Crippen LogP contribution in [0.2, 0.25) is 0 Å². The lowest BCUT2D eigenvalue weighted by molar-refractivity contribution is 0.455. The van der Waals surface area contributed by atoms with Crippen LogP contribution in [0.25, 0.3) is 11.3 Å². The van der Waals surface area contributed by atoms with E-state index in [0.717, 1.165) is 5.56 Å². The predicted octanol–water partition coefficient (Wildman–Crippen LogP) is 2.80. The summed E-state index contributed by atoms with van der Waals surface area (Å²) in [5.74, 6) is 0.384. The van der Waals surface area contributed by atoms with E-state index in [9.17, 15) is 13.2 Å². The SMILES string of the molecule is CCc1cc(-c2ccc(S(=O)(=O)NCc3cccnc3)o2)c(C)[nH]c1=O.Cl. The van der Waals surface area contributed by atoms with Crippen LogP contribution >= 0.6 is 12.4 Å². The number of halogens is 1. The number of sulfonamides is 1. The van der Waals surface area contributed by atoms with Crippen LogP contribution in [-0.4, -0.2) is 18.4 Å². The molecule has 0 spiro atoms. The van der Waals surface area contributed by atoms with Gasteiger partial charge in [-0.3, -0.25) is 9.78 Å². The van der Waals surface area contributed by atoms with Gasteiger partial charge in [0.2, 0.25) is 5.09 Å². The molecule has 9 heteroatoms. The first-order chi connectivity index (χ1) is 12.4. The highest BCUT2D eigenvalue weighted by molar-refractivity contribution is 7.89. The van der Waals surface area contributed by atoms with Crippen molar-refractivity contribution in [3.8, 4) is 11.3 Å². The van der Waals surface area contributed by atoms with Gasteiger partial charge in [0.15, 0.2) is 0 Å². The number of hydrogen-bond acceptors (Lipinski definition) is 5. The van der Waals surface area contributed by atoms with Gasteiger partial charge in [-0.15, -0.1) is 12.4 Å². The lowest BCUT2D eigenvalue weighted by Gasteiger charge is -2.06. The molecule has 27 heavy (non-hydrogen) atoms. The van der Waals surface area contributed by atoms with Crippen LogP contribution < -0.4 is 10.3 Å². The van der Waals surface area contributed by atoms with Crippen LogP contribution in [-0.2, 0) is 23.0 Å². The summed E-state index contributed by atoms with van der Waals surface area (Å²) in [7, 11) is -3.80. The number of aryl methyl sites for hydroxylation is 2. The van der Waals surface area contributed by atoms with E-state index < -0.39 is 10.0 Å². The number of H-pyrrole nitrogens is 1. The van der Waals surface area contributed by atoms with E-state index in [-0.39, 0.29) is 29.6 Å². The fourth-order valence-corrected chi connectivity index (χ4v) is 3.49. The minimum absolute atomic E-state index is 0. The molecular weight excluding hydrogens is 390 g/mol. The van der Waals surface area contributed by atoms with Crippen molar-refractivity contribution in [3.63, 3.8) is 0 Å². The van der Waals surface area contributed by atoms with Crippen LogP contribution in [0.1, 0.15) is 23.7 Å². The molecule has 0 aliphatic heterocycles. The molecule has 2 N–H and O–H groups in total. The zero-order valence-corrected chi connectivity index (χ0v) is 16.5. The monoisotopic (exact) mass is 409 g/mol. The fourth-order valence-electron chi connectivity index (χ4n) is 2.55. The van der Waals surface area contributed by atoms with Crippen LogP contribution in [0.15, 0.2) is 57.0 Å². The average molecular weight is 410 g/mol. The second-order valence-corrected chi connectivity index (χ2v) is 7.52. The molecule has 0 saturated heterocycles. The molecule has 0 bridgehead atoms. The Labute approximate surface area is 163 Å². The Bertz CT molecular complexity index is 1080. The smallest absolute Gasteiger partial charge is 0.274 e. The van der Waals surface area contributed by atoms with Crippen molar-refractivity contribution in [2.45, 2.75) is 31.9 Å². The molecule has 0 aliphatic rings. The number of furan rings is 1. The van der Waals surface area contributed by atoms with Gasteiger partial charge in [-0.2, -0.15) is 0 Å². The van der Waals surface area contributed by atoms with E-state index in [0.29, 0.717) is 29.0 Å². The highest BCUT2D eigenvalue weighted by Gasteiger charge is 2.20. The van der Waals surface area contributed by atoms with E-state index in [4.69, 9.17) is 4.42 Å². The third-order valence-electron chi connectivity index (χ3n) is 4.00. The van der Waals surface area contributed by atoms with Crippen molar-refractivity contribution < 1.29 is 12.8 Å². The van der Waals surface area contributed by atoms with Gasteiger partial charge >= 0.3 is 0 Å². The Kier molecular flexibility index (Phi) is 6.59. The molecule has 3 rings (SSSR count). The van der Waals surface area contributed by atoms with Crippen LogP contribution in [0.3, 0.4) is 0 Å². The first-order valence-electron chi connectivity index (χ1n) is 8.12. The summed E-state index contributed by atoms with van der Waals surface area (Å²) in [6.45, 7) is 3.74. The highest BCUT2D eigenvalue weighted by Crippen LogP contribution is 2.26. The normalized spacial score (nSPS) is 11.2. The van der Waals surface area contributed by atoms with Gasteiger partial charge in [-0.05, 0) is 43.2 Å². The molecule has 0 atom stereocenters. The zero-order chi connectivity index (χ0) is 18.7. The molecule has 0 unspecified atom stereocenters. The highest BCUT2D eigenvalue weighted by atomic mass is 35.5. The molecule has 7 nitrogen and oxygen atoms in total. The molecule has 0 radical (unpaired) electrons. The second kappa shape index (κ2) is 8.51. The van der Waals surface area contributed by atoms with E-state index >= 15 is 0 Å². The maximum atomic E-state index is 12.4. The molecule has 3 aromatic heterocycles. The molecule has 144 valence electrons. The number of pyridine rings is 2. The number of hydrogen-bond donors (Lipinski definition) is 2. The van der Waals surface area contributed by atoms with E-state index in [1.807, 2.05) is 6.92 Å². The largest absolute Gasteiger partial charge is 0.443 e. The molecule has 0 fully saturated rings. The van der Waals surface area contributed by atoms with Crippen molar-refractivity contribution in [3.05, 3.63) is 69.9 Å². The van der Waals surface area contributed by atoms with Gasteiger partial charge in [0, 0.05) is 35.8 Å². The number of aromatic amines is 1. The molecule has 3 aromatic rings. The molecule has 0 amide bonds. The van der Waals surface area contributed by atoms with Gasteiger partial charge in [-0.1, -0.05) is 13.0 Å². The first-order valence-corrected chi connectivity index (χ1v) is 9.60. The molecule has 0 aromatic carbocycles. The summed E-state index contributed by atoms with van der Waals surface area (Å²) in [5, 5.41) is -0.181. The minimum Gasteiger partial charge on any atom is -0.443 e. The summed E-state index contributed by atoms with van der Waals surface area (Å²) in [5.41, 5.74) is 2.49. The number of nitrogens with zero attached hydrogens (tertiary/aromatic N) is 1. The van der Waals surface area contributed by atoms with Crippen molar-refractivity contribution in [2.75, 3.05) is 0 Å². The van der Waals surface area contributed by atoms with Crippen LogP contribution in [0.4, 0.5) is 0 Å². The number of rotatable bonds is 6. The van der Waals surface area contributed by atoms with E-state index in [1.54, 1.807) is 43.6 Å². The van der Waals surface area contributed by atoms with Gasteiger partial charge in [0.1, 0.15) is 5.76 Å². The summed E-state index contributed by atoms with van der Waals surface area (Å²) in [6.07, 6.45) is 3.78. The van der Waals surface area contributed by atoms with Crippen LogP contribution in [0, 0.1) is 6.92 Å². The van der Waals surface area contributed by atoms with Crippen molar-refractivity contribution in [2.24, 2.45) is 0 Å². The Morgan fingerprint density at radius 2 is 2.04 bits per heavy atom. The Morgan fingerprint density at radius 3 is 2.70 bits per heavy atom. The lowest BCUT2D eigenvalue weighted by Crippen LogP contribution is -2.22. The predicted molar refractivity (Wildman–Crippen MR) is 104 cm³/mol. The van der Waals surface area contributed by atoms with E-state index in [2.05, 4.69) is 14.7 Å². The zero-order valence-electron chi connectivity index (χ0n) is 14.9. The van der Waals surface area contributed by atoms with Gasteiger partial charge in [0.05, 0.1) is 0 Å². The standard InChI is InChI=1S/C18H19N3O4S.ClH/c1-3-14-9-15(12(2)21-18(14)22)16-6-7-17(25-16)26(23,24)20-11-13-5-4-8-19-10-13;/h4-10,20H,3,11H2,1-2H3,(H,21,22);1H. The second-order valence-electron chi connectivity index (χ2n) is 5.82. The maximum Gasteiger partial charge on any atom is 0.274 e. The van der Waals surface area contributed by atoms with Crippen molar-refractivity contribution in [1.29, 1.82) is 0 Å². The third-order valence-corrected chi connectivity index (χ3v) is 5.27. The summed E-state index contributed by atoms with van der Waals surface area (Å²) in [6, 6.07) is 8.22. The summed E-state index contributed by atoms with van der Waals surface area (Å²) in [4.78, 5) is 18.6. The number of aromatic nitrogens is 2. The third kappa shape index (κ3) is 4.65. The number of nitrogens with one attached hydrogen (secondary N) is 2. The lowest BCUT2D eigenvalue weighted by atomic mass is 10.1. The van der Waals surface area contributed by atoms with Gasteiger partial charge < -0.3 is 9.40 Å². The van der Waals surface area contributed by atoms with Gasteiger partial charge in [0.25, 0.3) is 15.6 Å². The molecule has 0 aliphatic carbocycles. The van der Waals surface area contributed by atoms with Crippen molar-refractivity contribution >= 4 is 22.4 Å². The van der Waals surface area contributed by atoms with E-state index in [1.165, 1.54) is 6.07 Å². The minimum atomic E-state index is -3.80. The molecular formula is C18H20ClN3O4S. The Hall–Kier alpha value is -2.42. The topological polar surface area (TPSA) is 105 Å². The van der Waals surface area contributed by atoms with Crippen LogP contribution in [0.5, 0.6) is 0 Å². The fraction of sp³-hybridized carbons (Fsp3) is 0.222. The quantitative estimate of drug-likeness (QED) is 0.651. The average Bonchev–Trinajstić information content (AvgIpc) is 3.12. The molecule has 3 heterocycles. The molecule has 0 saturated carbocycles. The van der Waals surface area contributed by atoms with Crippen molar-refractivity contribution in [1.82, 2.24) is 14.7 Å². The Morgan fingerprint density at radius 1 is 1.26 bits per heavy atom. The first kappa shape index (κ1) is 20.9. The summed E-state index contributed by atoms with van der Waals surface area (Å²) < 4.78 is 32.9. The van der Waals surface area contributed by atoms with Gasteiger partial charge in [-0.25, -0.2) is 13.1 Å². The maximum absolute atomic E-state index is 12.4. The Balaban J connectivity index is 0.00000261. The summed E-state index contributed by atoms with van der Waals surface area (Å²) >= 11 is 0.